The summed E-state index contributed by atoms with van der Waals surface area (Å²) in [4.78, 5) is 23.7. The minimum atomic E-state index is -1.42. The van der Waals surface area contributed by atoms with Crippen LogP contribution >= 0.6 is 0 Å². The minimum Gasteiger partial charge on any atom is -0.461 e. The molecular weight excluding hydrogens is 442 g/mol. The zero-order valence-electron chi connectivity index (χ0n) is 19.0. The molecule has 9 nitrogen and oxygen atoms in total. The van der Waals surface area contributed by atoms with Crippen molar-refractivity contribution in [2.45, 2.75) is 57.2 Å². The number of amides is 1. The SMILES string of the molecule is CC(=O)N[C@@H]1[C@@H](OCCC(=O)OCc2ccccc2)[C@H](O)[C@@H](COCc2ccccc2)O[C@@H]1O. The molecule has 1 aliphatic rings. The van der Waals surface area contributed by atoms with Crippen LogP contribution in [0.2, 0.25) is 0 Å². The van der Waals surface area contributed by atoms with Gasteiger partial charge in [-0.25, -0.2) is 0 Å². The highest BCUT2D eigenvalue weighted by Crippen LogP contribution is 2.23. The molecule has 0 radical (unpaired) electrons. The van der Waals surface area contributed by atoms with Gasteiger partial charge < -0.3 is 34.5 Å². The number of hydrogen-bond donors (Lipinski definition) is 3. The third kappa shape index (κ3) is 7.89. The van der Waals surface area contributed by atoms with Gasteiger partial charge in [0.2, 0.25) is 5.91 Å². The quantitative estimate of drug-likeness (QED) is 0.418. The van der Waals surface area contributed by atoms with Crippen LogP contribution in [0.25, 0.3) is 0 Å². The average molecular weight is 474 g/mol. The Morgan fingerprint density at radius 3 is 2.21 bits per heavy atom. The van der Waals surface area contributed by atoms with Crippen molar-refractivity contribution in [3.8, 4) is 0 Å². The predicted molar refractivity (Wildman–Crippen MR) is 121 cm³/mol. The van der Waals surface area contributed by atoms with Crippen molar-refractivity contribution in [2.75, 3.05) is 13.2 Å². The largest absolute Gasteiger partial charge is 0.461 e. The Morgan fingerprint density at radius 1 is 0.971 bits per heavy atom. The van der Waals surface area contributed by atoms with Crippen LogP contribution in [0.4, 0.5) is 0 Å². The van der Waals surface area contributed by atoms with Gasteiger partial charge in [-0.05, 0) is 11.1 Å². The maximum atomic E-state index is 12.1. The van der Waals surface area contributed by atoms with Gasteiger partial charge in [0.1, 0.15) is 31.0 Å². The van der Waals surface area contributed by atoms with E-state index in [0.717, 1.165) is 11.1 Å². The first-order chi connectivity index (χ1) is 16.4. The van der Waals surface area contributed by atoms with E-state index in [1.54, 1.807) is 0 Å². The number of esters is 1. The number of aliphatic hydroxyl groups excluding tert-OH is 2. The van der Waals surface area contributed by atoms with Crippen LogP contribution in [0.5, 0.6) is 0 Å². The lowest BCUT2D eigenvalue weighted by Crippen LogP contribution is -2.64. The highest BCUT2D eigenvalue weighted by atomic mass is 16.6. The summed E-state index contributed by atoms with van der Waals surface area (Å²) in [5.74, 6) is -0.890. The fraction of sp³-hybridized carbons (Fsp3) is 0.440. The fourth-order valence-corrected chi connectivity index (χ4v) is 3.61. The van der Waals surface area contributed by atoms with Gasteiger partial charge >= 0.3 is 5.97 Å². The third-order valence-electron chi connectivity index (χ3n) is 5.32. The molecule has 0 bridgehead atoms. The van der Waals surface area contributed by atoms with Crippen molar-refractivity contribution in [1.29, 1.82) is 0 Å². The standard InChI is InChI=1S/C25H31NO8/c1-17(27)26-22-24(32-13-12-21(28)33-15-19-10-6-3-7-11-19)23(29)20(34-25(22)30)16-31-14-18-8-4-2-5-9-18/h2-11,20,22-25,29-30H,12-16H2,1H3,(H,26,27)/t20-,22-,23-,24-,25+/m1/s1. The van der Waals surface area contributed by atoms with Crippen molar-refractivity contribution in [1.82, 2.24) is 5.32 Å². The van der Waals surface area contributed by atoms with Crippen LogP contribution in [-0.2, 0) is 41.8 Å². The van der Waals surface area contributed by atoms with Crippen molar-refractivity contribution >= 4 is 11.9 Å². The van der Waals surface area contributed by atoms with E-state index in [0.29, 0.717) is 6.61 Å². The molecule has 1 saturated heterocycles. The number of nitrogens with one attached hydrogen (secondary N) is 1. The van der Waals surface area contributed by atoms with Gasteiger partial charge in [-0.3, -0.25) is 9.59 Å². The smallest absolute Gasteiger partial charge is 0.308 e. The third-order valence-corrected chi connectivity index (χ3v) is 5.32. The lowest BCUT2D eigenvalue weighted by atomic mass is 9.96. The molecule has 1 heterocycles. The Balaban J connectivity index is 1.52. The number of hydrogen-bond acceptors (Lipinski definition) is 8. The Bertz CT molecular complexity index is 894. The van der Waals surface area contributed by atoms with Gasteiger partial charge in [-0.1, -0.05) is 60.7 Å². The fourth-order valence-electron chi connectivity index (χ4n) is 3.61. The molecule has 0 aromatic heterocycles. The summed E-state index contributed by atoms with van der Waals surface area (Å²) in [6.45, 7) is 1.66. The first-order valence-electron chi connectivity index (χ1n) is 11.2. The second-order valence-corrected chi connectivity index (χ2v) is 8.01. The zero-order chi connectivity index (χ0) is 24.3. The van der Waals surface area contributed by atoms with E-state index >= 15 is 0 Å². The van der Waals surface area contributed by atoms with Gasteiger partial charge in [-0.15, -0.1) is 0 Å². The molecule has 9 heteroatoms. The molecule has 5 atom stereocenters. The van der Waals surface area contributed by atoms with E-state index in [-0.39, 0.29) is 26.2 Å². The Kier molecular flexibility index (Phi) is 9.99. The normalized spacial score (nSPS) is 24.4. The van der Waals surface area contributed by atoms with Gasteiger partial charge in [0.25, 0.3) is 0 Å². The number of benzene rings is 2. The number of carbonyl (C=O) groups is 2. The maximum Gasteiger partial charge on any atom is 0.308 e. The number of ether oxygens (including phenoxy) is 4. The zero-order valence-corrected chi connectivity index (χ0v) is 19.0. The van der Waals surface area contributed by atoms with Crippen LogP contribution in [0.3, 0.4) is 0 Å². The Hall–Kier alpha value is -2.82. The molecule has 184 valence electrons. The van der Waals surface area contributed by atoms with Crippen molar-refractivity contribution in [3.63, 3.8) is 0 Å². The molecule has 0 saturated carbocycles. The molecule has 0 aliphatic carbocycles. The first-order valence-corrected chi connectivity index (χ1v) is 11.2. The van der Waals surface area contributed by atoms with Crippen molar-refractivity contribution < 1.29 is 38.7 Å². The molecule has 0 unspecified atom stereocenters. The summed E-state index contributed by atoms with van der Waals surface area (Å²) in [5.41, 5.74) is 1.81. The Morgan fingerprint density at radius 2 is 1.59 bits per heavy atom. The molecule has 1 fully saturated rings. The van der Waals surface area contributed by atoms with E-state index in [4.69, 9.17) is 18.9 Å². The lowest BCUT2D eigenvalue weighted by molar-refractivity contribution is -0.265. The summed E-state index contributed by atoms with van der Waals surface area (Å²) in [5, 5.41) is 23.8. The second-order valence-electron chi connectivity index (χ2n) is 8.01. The summed E-state index contributed by atoms with van der Waals surface area (Å²) in [7, 11) is 0. The molecular formula is C25H31NO8. The molecule has 3 N–H and O–H groups in total. The highest BCUT2D eigenvalue weighted by molar-refractivity contribution is 5.73. The molecule has 1 aliphatic heterocycles. The van der Waals surface area contributed by atoms with Crippen LogP contribution in [0, 0.1) is 0 Å². The van der Waals surface area contributed by atoms with Gasteiger partial charge in [-0.2, -0.15) is 0 Å². The van der Waals surface area contributed by atoms with Gasteiger partial charge in [0.15, 0.2) is 6.29 Å². The van der Waals surface area contributed by atoms with Crippen LogP contribution in [-0.4, -0.2) is 65.9 Å². The summed E-state index contributed by atoms with van der Waals surface area (Å²) in [6.07, 6.45) is -4.60. The molecule has 2 aromatic rings. The van der Waals surface area contributed by atoms with Gasteiger partial charge in [0.05, 0.1) is 26.2 Å². The predicted octanol–water partition coefficient (Wildman–Crippen LogP) is 1.30. The molecule has 34 heavy (non-hydrogen) atoms. The number of rotatable bonds is 11. The highest BCUT2D eigenvalue weighted by Gasteiger charge is 2.46. The molecule has 2 aromatic carbocycles. The average Bonchev–Trinajstić information content (AvgIpc) is 2.83. The maximum absolute atomic E-state index is 12.1. The van der Waals surface area contributed by atoms with Gasteiger partial charge in [0, 0.05) is 6.92 Å². The molecule has 1 amide bonds. The molecule has 0 spiro atoms. The minimum absolute atomic E-state index is 0.00110. The van der Waals surface area contributed by atoms with E-state index in [1.807, 2.05) is 60.7 Å². The first kappa shape index (κ1) is 25.8. The summed E-state index contributed by atoms with van der Waals surface area (Å²) < 4.78 is 22.1. The lowest BCUT2D eigenvalue weighted by Gasteiger charge is -2.42. The second kappa shape index (κ2) is 13.2. The summed E-state index contributed by atoms with van der Waals surface area (Å²) >= 11 is 0. The van der Waals surface area contributed by atoms with Crippen LogP contribution in [0.1, 0.15) is 24.5 Å². The molecule has 3 rings (SSSR count). The van der Waals surface area contributed by atoms with Crippen molar-refractivity contribution in [2.24, 2.45) is 0 Å². The van der Waals surface area contributed by atoms with E-state index in [9.17, 15) is 19.8 Å². The summed E-state index contributed by atoms with van der Waals surface area (Å²) in [6, 6.07) is 17.8. The Labute approximate surface area is 198 Å². The van der Waals surface area contributed by atoms with E-state index < -0.39 is 42.5 Å². The monoisotopic (exact) mass is 473 g/mol. The topological polar surface area (TPSA) is 124 Å². The van der Waals surface area contributed by atoms with Crippen LogP contribution < -0.4 is 5.32 Å². The number of aliphatic hydroxyl groups is 2. The number of carbonyl (C=O) groups excluding carboxylic acids is 2. The van der Waals surface area contributed by atoms with Crippen molar-refractivity contribution in [3.05, 3.63) is 71.8 Å². The van der Waals surface area contributed by atoms with E-state index in [1.165, 1.54) is 6.92 Å². The van der Waals surface area contributed by atoms with E-state index in [2.05, 4.69) is 5.32 Å². The van der Waals surface area contributed by atoms with Crippen LogP contribution in [0.15, 0.2) is 60.7 Å².